The van der Waals surface area contributed by atoms with Gasteiger partial charge < -0.3 is 10.1 Å². The van der Waals surface area contributed by atoms with Gasteiger partial charge >= 0.3 is 0 Å². The molecular weight excluding hydrogens is 352 g/mol. The van der Waals surface area contributed by atoms with E-state index in [1.807, 2.05) is 13.8 Å². The number of nitro benzene ring substituents is 1. The fraction of sp³-hybridized carbons (Fsp3) is 0.357. The number of carbonyl (C=O) groups excluding carboxylic acids is 1. The highest BCUT2D eigenvalue weighted by Gasteiger charge is 2.15. The van der Waals surface area contributed by atoms with Crippen LogP contribution in [0.25, 0.3) is 0 Å². The van der Waals surface area contributed by atoms with Crippen LogP contribution in [0, 0.1) is 17.0 Å². The summed E-state index contributed by atoms with van der Waals surface area (Å²) in [5, 5.41) is 21.9. The van der Waals surface area contributed by atoms with Crippen molar-refractivity contribution in [1.82, 2.24) is 10.2 Å². The van der Waals surface area contributed by atoms with Gasteiger partial charge in [0.1, 0.15) is 0 Å². The van der Waals surface area contributed by atoms with E-state index in [9.17, 15) is 14.9 Å². The number of nitrogens with zero attached hydrogens (tertiary/aromatic N) is 3. The van der Waals surface area contributed by atoms with E-state index in [2.05, 4.69) is 15.5 Å². The van der Waals surface area contributed by atoms with Crippen molar-refractivity contribution < 1.29 is 14.5 Å². The molecule has 0 spiro atoms. The average molecular weight is 368 g/mol. The maximum Gasteiger partial charge on any atom is 0.295 e. The second-order valence-corrected chi connectivity index (χ2v) is 7.21. The van der Waals surface area contributed by atoms with Gasteiger partial charge in [-0.2, -0.15) is 0 Å². The van der Waals surface area contributed by atoms with Gasteiger partial charge in [0.05, 0.1) is 28.0 Å². The van der Waals surface area contributed by atoms with Crippen molar-refractivity contribution in [3.05, 3.63) is 33.9 Å². The van der Waals surface area contributed by atoms with Crippen LogP contribution in [0.2, 0.25) is 0 Å². The minimum Gasteiger partial charge on any atom is -0.466 e. The van der Waals surface area contributed by atoms with Gasteiger partial charge in [0.15, 0.2) is 4.34 Å². The molecule has 0 saturated carbocycles. The highest BCUT2D eigenvalue weighted by molar-refractivity contribution is 8.01. The van der Waals surface area contributed by atoms with Crippen molar-refractivity contribution in [3.63, 3.8) is 0 Å². The van der Waals surface area contributed by atoms with Gasteiger partial charge in [-0.3, -0.25) is 14.9 Å². The van der Waals surface area contributed by atoms with Gasteiger partial charge in [0, 0.05) is 6.07 Å². The van der Waals surface area contributed by atoms with Crippen LogP contribution < -0.4 is 10.1 Å². The monoisotopic (exact) mass is 368 g/mol. The number of nitrogens with one attached hydrogen (secondary N) is 1. The minimum atomic E-state index is -0.475. The summed E-state index contributed by atoms with van der Waals surface area (Å²) in [5.74, 6) is -0.150. The number of nitro groups is 1. The second kappa shape index (κ2) is 8.06. The second-order valence-electron chi connectivity index (χ2n) is 5.04. The van der Waals surface area contributed by atoms with Crippen molar-refractivity contribution >= 4 is 40.4 Å². The first-order valence-electron chi connectivity index (χ1n) is 7.03. The lowest BCUT2D eigenvalue weighted by atomic mass is 10.1. The quantitative estimate of drug-likeness (QED) is 0.454. The summed E-state index contributed by atoms with van der Waals surface area (Å²) in [5.41, 5.74) is 0.820. The van der Waals surface area contributed by atoms with Crippen molar-refractivity contribution in [2.45, 2.75) is 31.2 Å². The van der Waals surface area contributed by atoms with Crippen LogP contribution in [0.15, 0.2) is 22.5 Å². The van der Waals surface area contributed by atoms with Crippen LogP contribution >= 0.6 is 23.1 Å². The third-order valence-corrected chi connectivity index (χ3v) is 4.77. The zero-order chi connectivity index (χ0) is 17.7. The Morgan fingerprint density at radius 2 is 2.21 bits per heavy atom. The highest BCUT2D eigenvalue weighted by Crippen LogP contribution is 2.28. The van der Waals surface area contributed by atoms with Crippen molar-refractivity contribution in [1.29, 1.82) is 0 Å². The molecule has 2 rings (SSSR count). The van der Waals surface area contributed by atoms with E-state index >= 15 is 0 Å². The van der Waals surface area contributed by atoms with Crippen LogP contribution in [-0.4, -0.2) is 32.9 Å². The summed E-state index contributed by atoms with van der Waals surface area (Å²) in [6.07, 6.45) is 0.0101. The number of thioether (sulfide) groups is 1. The summed E-state index contributed by atoms with van der Waals surface area (Å²) in [6, 6.07) is 4.57. The highest BCUT2D eigenvalue weighted by atomic mass is 32.2. The number of hydrogen-bond donors (Lipinski definition) is 1. The Morgan fingerprint density at radius 1 is 1.46 bits per heavy atom. The predicted octanol–water partition coefficient (Wildman–Crippen LogP) is 3.27. The lowest BCUT2D eigenvalue weighted by Gasteiger charge is -2.07. The largest absolute Gasteiger partial charge is 0.466 e. The van der Waals surface area contributed by atoms with Gasteiger partial charge in [-0.25, -0.2) is 0 Å². The van der Waals surface area contributed by atoms with Crippen molar-refractivity contribution in [3.8, 4) is 5.19 Å². The molecule has 0 fully saturated rings. The van der Waals surface area contributed by atoms with E-state index in [1.54, 1.807) is 13.0 Å². The van der Waals surface area contributed by atoms with Crippen molar-refractivity contribution in [2.75, 3.05) is 11.1 Å². The van der Waals surface area contributed by atoms with E-state index in [-0.39, 0.29) is 23.5 Å². The number of aromatic nitrogens is 2. The number of carbonyl (C=O) groups is 1. The minimum absolute atomic E-state index is 0.0101. The summed E-state index contributed by atoms with van der Waals surface area (Å²) in [7, 11) is 0. The van der Waals surface area contributed by atoms with E-state index in [1.165, 1.54) is 35.2 Å². The fourth-order valence-corrected chi connectivity index (χ4v) is 3.38. The van der Waals surface area contributed by atoms with E-state index in [0.717, 1.165) is 0 Å². The number of amides is 1. The Balaban J connectivity index is 1.93. The molecule has 10 heteroatoms. The molecule has 0 aliphatic rings. The van der Waals surface area contributed by atoms with Gasteiger partial charge in [0.2, 0.25) is 5.91 Å². The standard InChI is InChI=1S/C14H16N4O4S2/c1-8(2)22-13-16-17-14(24-13)23-7-12(19)15-10-5-4-6-11(9(10)3)18(20)21/h4-6,8H,7H2,1-3H3,(H,15,19). The number of ether oxygens (including phenoxy) is 1. The molecule has 1 heterocycles. The molecule has 1 N–H and O–H groups in total. The Hall–Kier alpha value is -2.20. The molecule has 0 unspecified atom stereocenters. The maximum absolute atomic E-state index is 12.0. The number of rotatable bonds is 7. The predicted molar refractivity (Wildman–Crippen MR) is 92.9 cm³/mol. The summed E-state index contributed by atoms with van der Waals surface area (Å²) in [4.78, 5) is 22.5. The van der Waals surface area contributed by atoms with Crippen LogP contribution in [-0.2, 0) is 4.79 Å². The SMILES string of the molecule is Cc1c(NC(=O)CSc2nnc(OC(C)C)s2)cccc1[N+](=O)[O-]. The zero-order valence-corrected chi connectivity index (χ0v) is 14.9. The summed E-state index contributed by atoms with van der Waals surface area (Å²) in [6.45, 7) is 5.38. The van der Waals surface area contributed by atoms with E-state index < -0.39 is 4.92 Å². The smallest absolute Gasteiger partial charge is 0.295 e. The molecule has 1 aromatic heterocycles. The molecule has 0 atom stereocenters. The molecule has 1 amide bonds. The molecule has 24 heavy (non-hydrogen) atoms. The third-order valence-electron chi connectivity index (χ3n) is 2.83. The lowest BCUT2D eigenvalue weighted by molar-refractivity contribution is -0.385. The average Bonchev–Trinajstić information content (AvgIpc) is 2.93. The number of benzene rings is 1. The third kappa shape index (κ3) is 4.90. The molecule has 8 nitrogen and oxygen atoms in total. The van der Waals surface area contributed by atoms with E-state index in [0.29, 0.717) is 20.8 Å². The summed E-state index contributed by atoms with van der Waals surface area (Å²) < 4.78 is 6.04. The van der Waals surface area contributed by atoms with Gasteiger partial charge in [-0.1, -0.05) is 22.9 Å². The first kappa shape index (κ1) is 18.1. The topological polar surface area (TPSA) is 107 Å². The molecule has 0 saturated heterocycles. The van der Waals surface area contributed by atoms with Gasteiger partial charge in [0.25, 0.3) is 10.9 Å². The molecule has 0 aliphatic heterocycles. The Morgan fingerprint density at radius 3 is 2.88 bits per heavy atom. The molecule has 0 radical (unpaired) electrons. The summed E-state index contributed by atoms with van der Waals surface area (Å²) >= 11 is 2.50. The molecule has 0 bridgehead atoms. The van der Waals surface area contributed by atoms with Gasteiger partial charge in [-0.05, 0) is 38.2 Å². The first-order chi connectivity index (χ1) is 11.4. The first-order valence-corrected chi connectivity index (χ1v) is 8.84. The maximum atomic E-state index is 12.0. The van der Waals surface area contributed by atoms with Gasteiger partial charge in [-0.15, -0.1) is 5.10 Å². The lowest BCUT2D eigenvalue weighted by Crippen LogP contribution is -2.15. The number of anilines is 1. The molecule has 0 aliphatic carbocycles. The van der Waals surface area contributed by atoms with Crippen molar-refractivity contribution in [2.24, 2.45) is 0 Å². The van der Waals surface area contributed by atoms with E-state index in [4.69, 9.17) is 4.74 Å². The molecular formula is C14H16N4O4S2. The molecule has 1 aromatic carbocycles. The number of hydrogen-bond acceptors (Lipinski definition) is 8. The Kier molecular flexibility index (Phi) is 6.10. The fourth-order valence-electron chi connectivity index (χ4n) is 1.77. The zero-order valence-electron chi connectivity index (χ0n) is 13.3. The van der Waals surface area contributed by atoms with Crippen LogP contribution in [0.5, 0.6) is 5.19 Å². The normalized spacial score (nSPS) is 10.7. The van der Waals surface area contributed by atoms with Crippen LogP contribution in [0.4, 0.5) is 11.4 Å². The van der Waals surface area contributed by atoms with Crippen LogP contribution in [0.3, 0.4) is 0 Å². The Bertz CT molecular complexity index is 748. The van der Waals surface area contributed by atoms with Crippen LogP contribution in [0.1, 0.15) is 19.4 Å². The molecule has 128 valence electrons. The Labute approximate surface area is 146 Å². The molecule has 2 aromatic rings.